The van der Waals surface area contributed by atoms with Gasteiger partial charge in [-0.05, 0) is 12.8 Å². The van der Waals surface area contributed by atoms with Crippen molar-refractivity contribution in [3.05, 3.63) is 22.1 Å². The smallest absolute Gasteiger partial charge is 0.181 e. The van der Waals surface area contributed by atoms with Crippen molar-refractivity contribution in [2.45, 2.75) is 26.7 Å². The predicted octanol–water partition coefficient (Wildman–Crippen LogP) is 2.61. The first-order chi connectivity index (χ1) is 7.59. The summed E-state index contributed by atoms with van der Waals surface area (Å²) < 4.78 is 0. The molecule has 84 valence electrons. The van der Waals surface area contributed by atoms with E-state index in [0.717, 1.165) is 17.0 Å². The van der Waals surface area contributed by atoms with Gasteiger partial charge in [-0.2, -0.15) is 0 Å². The zero-order valence-electron chi connectivity index (χ0n) is 9.56. The van der Waals surface area contributed by atoms with E-state index in [9.17, 15) is 0 Å². The van der Waals surface area contributed by atoms with Gasteiger partial charge in [-0.3, -0.25) is 0 Å². The van der Waals surface area contributed by atoms with Gasteiger partial charge in [0.1, 0.15) is 11.5 Å². The molecule has 0 atom stereocenters. The van der Waals surface area contributed by atoms with E-state index in [2.05, 4.69) is 28.8 Å². The molecule has 2 N–H and O–H groups in total. The van der Waals surface area contributed by atoms with Gasteiger partial charge in [0, 0.05) is 16.6 Å². The lowest BCUT2D eigenvalue weighted by Crippen LogP contribution is -2.06. The molecule has 0 aliphatic heterocycles. The third-order valence-corrected chi connectivity index (χ3v) is 2.99. The second-order valence-corrected chi connectivity index (χ2v) is 4.68. The predicted molar refractivity (Wildman–Crippen MR) is 66.4 cm³/mol. The Labute approximate surface area is 98.6 Å². The highest BCUT2D eigenvalue weighted by atomic mass is 32.1. The second kappa shape index (κ2) is 4.17. The Hall–Kier alpha value is -1.49. The minimum Gasteiger partial charge on any atom is -0.383 e. The van der Waals surface area contributed by atoms with Gasteiger partial charge in [0.25, 0.3) is 0 Å². The number of thiazole rings is 1. The molecular weight excluding hydrogens is 220 g/mol. The standard InChI is InChI=1S/C11H14N4S/c1-6(2)9-7(3)14-11(15-10(9)12)8-4-16-5-13-8/h4-6H,1-3H3,(H2,12,14,15). The van der Waals surface area contributed by atoms with E-state index in [1.165, 1.54) is 11.3 Å². The molecule has 0 unspecified atom stereocenters. The van der Waals surface area contributed by atoms with Crippen LogP contribution in [0.1, 0.15) is 31.0 Å². The van der Waals surface area contributed by atoms with Crippen LogP contribution in [0.5, 0.6) is 0 Å². The number of nitrogen functional groups attached to an aromatic ring is 1. The molecular formula is C11H14N4S. The molecule has 2 heterocycles. The highest BCUT2D eigenvalue weighted by Gasteiger charge is 2.13. The minimum absolute atomic E-state index is 0.337. The Morgan fingerprint density at radius 3 is 2.56 bits per heavy atom. The lowest BCUT2D eigenvalue weighted by atomic mass is 10.0. The molecule has 0 saturated carbocycles. The largest absolute Gasteiger partial charge is 0.383 e. The molecule has 16 heavy (non-hydrogen) atoms. The van der Waals surface area contributed by atoms with E-state index in [1.54, 1.807) is 5.51 Å². The van der Waals surface area contributed by atoms with E-state index >= 15 is 0 Å². The molecule has 2 aromatic rings. The van der Waals surface area contributed by atoms with Crippen LogP contribution in [-0.2, 0) is 0 Å². The van der Waals surface area contributed by atoms with Crippen LogP contribution in [0.25, 0.3) is 11.5 Å². The van der Waals surface area contributed by atoms with Crippen LogP contribution in [0.3, 0.4) is 0 Å². The third kappa shape index (κ3) is 1.90. The highest BCUT2D eigenvalue weighted by molar-refractivity contribution is 7.07. The van der Waals surface area contributed by atoms with Crippen molar-refractivity contribution in [2.24, 2.45) is 0 Å². The molecule has 0 aromatic carbocycles. The minimum atomic E-state index is 0.337. The average Bonchev–Trinajstić information content (AvgIpc) is 2.67. The Morgan fingerprint density at radius 1 is 1.31 bits per heavy atom. The molecule has 0 aliphatic carbocycles. The van der Waals surface area contributed by atoms with Crippen LogP contribution in [0.15, 0.2) is 10.9 Å². The molecule has 0 bridgehead atoms. The zero-order valence-corrected chi connectivity index (χ0v) is 10.4. The molecule has 4 nitrogen and oxygen atoms in total. The maximum Gasteiger partial charge on any atom is 0.181 e. The molecule has 0 spiro atoms. The van der Waals surface area contributed by atoms with Gasteiger partial charge in [0.15, 0.2) is 5.82 Å². The highest BCUT2D eigenvalue weighted by Crippen LogP contribution is 2.25. The number of anilines is 1. The van der Waals surface area contributed by atoms with Crippen LogP contribution in [-0.4, -0.2) is 15.0 Å². The number of aryl methyl sites for hydroxylation is 1. The average molecular weight is 234 g/mol. The summed E-state index contributed by atoms with van der Waals surface area (Å²) in [6.45, 7) is 6.14. The molecule has 0 aliphatic rings. The fourth-order valence-electron chi connectivity index (χ4n) is 1.75. The molecule has 0 amide bonds. The summed E-state index contributed by atoms with van der Waals surface area (Å²) in [7, 11) is 0. The quantitative estimate of drug-likeness (QED) is 0.867. The molecule has 2 rings (SSSR count). The monoisotopic (exact) mass is 234 g/mol. The Kier molecular flexibility index (Phi) is 2.87. The third-order valence-electron chi connectivity index (χ3n) is 2.40. The number of rotatable bonds is 2. The van der Waals surface area contributed by atoms with Gasteiger partial charge in [-0.25, -0.2) is 15.0 Å². The molecule has 0 fully saturated rings. The topological polar surface area (TPSA) is 64.7 Å². The first-order valence-corrected chi connectivity index (χ1v) is 6.06. The molecule has 0 saturated heterocycles. The Morgan fingerprint density at radius 2 is 2.06 bits per heavy atom. The van der Waals surface area contributed by atoms with Gasteiger partial charge < -0.3 is 5.73 Å². The summed E-state index contributed by atoms with van der Waals surface area (Å²) in [5.41, 5.74) is 10.5. The van der Waals surface area contributed by atoms with Crippen molar-refractivity contribution in [1.29, 1.82) is 0 Å². The zero-order chi connectivity index (χ0) is 11.7. The number of nitrogens with two attached hydrogens (primary N) is 1. The first kappa shape index (κ1) is 11.0. The van der Waals surface area contributed by atoms with Crippen molar-refractivity contribution < 1.29 is 0 Å². The van der Waals surface area contributed by atoms with E-state index < -0.39 is 0 Å². The summed E-state index contributed by atoms with van der Waals surface area (Å²) in [4.78, 5) is 12.9. The van der Waals surface area contributed by atoms with Crippen LogP contribution >= 0.6 is 11.3 Å². The van der Waals surface area contributed by atoms with Crippen LogP contribution < -0.4 is 5.73 Å². The van der Waals surface area contributed by atoms with Crippen molar-refractivity contribution in [1.82, 2.24) is 15.0 Å². The SMILES string of the molecule is Cc1nc(-c2cscn2)nc(N)c1C(C)C. The summed E-state index contributed by atoms with van der Waals surface area (Å²) in [6, 6.07) is 0. The molecule has 2 aromatic heterocycles. The van der Waals surface area contributed by atoms with Gasteiger partial charge >= 0.3 is 0 Å². The van der Waals surface area contributed by atoms with E-state index in [0.29, 0.717) is 17.6 Å². The van der Waals surface area contributed by atoms with Crippen molar-refractivity contribution in [3.63, 3.8) is 0 Å². The molecule has 5 heteroatoms. The summed E-state index contributed by atoms with van der Waals surface area (Å²) in [5.74, 6) is 1.51. The van der Waals surface area contributed by atoms with Crippen LogP contribution in [0.4, 0.5) is 5.82 Å². The summed E-state index contributed by atoms with van der Waals surface area (Å²) in [6.07, 6.45) is 0. The maximum absolute atomic E-state index is 5.95. The Bertz CT molecular complexity index is 468. The number of hydrogen-bond donors (Lipinski definition) is 1. The van der Waals surface area contributed by atoms with Gasteiger partial charge in [-0.15, -0.1) is 11.3 Å². The number of nitrogens with zero attached hydrogens (tertiary/aromatic N) is 3. The van der Waals surface area contributed by atoms with E-state index in [4.69, 9.17) is 5.73 Å². The lowest BCUT2D eigenvalue weighted by Gasteiger charge is -2.12. The fraction of sp³-hybridized carbons (Fsp3) is 0.364. The number of hydrogen-bond acceptors (Lipinski definition) is 5. The summed E-state index contributed by atoms with van der Waals surface area (Å²) in [5, 5.41) is 1.92. The summed E-state index contributed by atoms with van der Waals surface area (Å²) >= 11 is 1.52. The van der Waals surface area contributed by atoms with Crippen LogP contribution in [0, 0.1) is 6.92 Å². The maximum atomic E-state index is 5.95. The van der Waals surface area contributed by atoms with Crippen molar-refractivity contribution in [2.75, 3.05) is 5.73 Å². The fourth-order valence-corrected chi connectivity index (χ4v) is 2.29. The van der Waals surface area contributed by atoms with E-state index in [-0.39, 0.29) is 0 Å². The Balaban J connectivity index is 2.53. The van der Waals surface area contributed by atoms with E-state index in [1.807, 2.05) is 12.3 Å². The van der Waals surface area contributed by atoms with Gasteiger partial charge in [0.2, 0.25) is 0 Å². The van der Waals surface area contributed by atoms with Gasteiger partial charge in [0.05, 0.1) is 5.51 Å². The van der Waals surface area contributed by atoms with Gasteiger partial charge in [-0.1, -0.05) is 13.8 Å². The second-order valence-electron chi connectivity index (χ2n) is 3.96. The lowest BCUT2D eigenvalue weighted by molar-refractivity contribution is 0.836. The molecule has 0 radical (unpaired) electrons. The van der Waals surface area contributed by atoms with Crippen molar-refractivity contribution in [3.8, 4) is 11.5 Å². The van der Waals surface area contributed by atoms with Crippen LogP contribution in [0.2, 0.25) is 0 Å². The number of aromatic nitrogens is 3. The normalized spacial score (nSPS) is 11.0. The van der Waals surface area contributed by atoms with Crippen molar-refractivity contribution >= 4 is 17.2 Å². The first-order valence-electron chi connectivity index (χ1n) is 5.12.